The highest BCUT2D eigenvalue weighted by atomic mass is 31.2. The van der Waals surface area contributed by atoms with Crippen LogP contribution in [0.2, 0.25) is 0 Å². The van der Waals surface area contributed by atoms with Gasteiger partial charge in [0, 0.05) is 25.7 Å². The molecule has 0 rings (SSSR count). The lowest BCUT2D eigenvalue weighted by Gasteiger charge is -2.21. The first-order chi connectivity index (χ1) is 51.1. The van der Waals surface area contributed by atoms with Crippen molar-refractivity contribution in [1.29, 1.82) is 0 Å². The minimum absolute atomic E-state index is 0.107. The maximum absolute atomic E-state index is 13.1. The van der Waals surface area contributed by atoms with Crippen LogP contribution in [0.3, 0.4) is 0 Å². The molecule has 0 amide bonds. The van der Waals surface area contributed by atoms with Gasteiger partial charge in [-0.1, -0.05) is 402 Å². The molecule has 630 valence electrons. The molecule has 0 aliphatic heterocycles. The summed E-state index contributed by atoms with van der Waals surface area (Å²) in [5.41, 5.74) is 0. The van der Waals surface area contributed by atoms with E-state index in [1.54, 1.807) is 0 Å². The van der Waals surface area contributed by atoms with Gasteiger partial charge in [0.2, 0.25) is 0 Å². The van der Waals surface area contributed by atoms with Gasteiger partial charge in [0.1, 0.15) is 19.3 Å². The number of hydrogen-bond donors (Lipinski definition) is 3. The first-order valence-corrected chi connectivity index (χ1v) is 47.7. The number of esters is 4. The van der Waals surface area contributed by atoms with Crippen LogP contribution in [0.5, 0.6) is 0 Å². The SMILES string of the molecule is CCC(C)CCCCCCCCCCCCCCCCCCCCC(=O)O[C@H](COC(=O)CCCCCCCCCC(C)C)COP(=O)(O)OCC(O)COP(=O)(O)OC[C@@H](COC(=O)CCCCCCCCCCCCCCCCC(C)C)OC(=O)CCCCCCCCCCCCCCCCC(C)C. The van der Waals surface area contributed by atoms with Crippen molar-refractivity contribution in [3.8, 4) is 0 Å². The van der Waals surface area contributed by atoms with Crippen LogP contribution in [0.25, 0.3) is 0 Å². The van der Waals surface area contributed by atoms with Gasteiger partial charge in [0.25, 0.3) is 0 Å². The second-order valence-corrected chi connectivity index (χ2v) is 35.9. The third-order valence-electron chi connectivity index (χ3n) is 20.7. The third-order valence-corrected chi connectivity index (χ3v) is 22.6. The molecule has 0 aromatic rings. The highest BCUT2D eigenvalue weighted by Gasteiger charge is 2.31. The Labute approximate surface area is 651 Å². The second-order valence-electron chi connectivity index (χ2n) is 33.0. The Morgan fingerprint density at radius 2 is 0.453 bits per heavy atom. The van der Waals surface area contributed by atoms with Crippen LogP contribution in [-0.2, 0) is 65.4 Å². The predicted molar refractivity (Wildman–Crippen MR) is 437 cm³/mol. The molecule has 106 heavy (non-hydrogen) atoms. The van der Waals surface area contributed by atoms with Crippen molar-refractivity contribution in [1.82, 2.24) is 0 Å². The van der Waals surface area contributed by atoms with Crippen molar-refractivity contribution >= 4 is 39.5 Å². The fourth-order valence-electron chi connectivity index (χ4n) is 13.5. The smallest absolute Gasteiger partial charge is 0.462 e. The van der Waals surface area contributed by atoms with E-state index in [0.29, 0.717) is 31.6 Å². The van der Waals surface area contributed by atoms with Gasteiger partial charge in [-0.05, 0) is 49.4 Å². The molecule has 3 N–H and O–H groups in total. The fourth-order valence-corrected chi connectivity index (χ4v) is 15.0. The molecule has 0 aromatic carbocycles. The van der Waals surface area contributed by atoms with E-state index < -0.39 is 97.5 Å². The van der Waals surface area contributed by atoms with Gasteiger partial charge in [0.15, 0.2) is 12.2 Å². The number of ether oxygens (including phenoxy) is 4. The molecule has 19 heteroatoms. The summed E-state index contributed by atoms with van der Waals surface area (Å²) in [5.74, 6) is 1.06. The first kappa shape index (κ1) is 104. The lowest BCUT2D eigenvalue weighted by molar-refractivity contribution is -0.161. The Morgan fingerprint density at radius 3 is 0.670 bits per heavy atom. The zero-order valence-corrected chi connectivity index (χ0v) is 71.9. The Kier molecular flexibility index (Phi) is 74.3. The summed E-state index contributed by atoms with van der Waals surface area (Å²) in [6.07, 6.45) is 65.3. The number of carbonyl (C=O) groups excluding carboxylic acids is 4. The van der Waals surface area contributed by atoms with Gasteiger partial charge in [-0.15, -0.1) is 0 Å². The molecule has 0 saturated carbocycles. The summed E-state index contributed by atoms with van der Waals surface area (Å²) in [6.45, 7) is 14.3. The van der Waals surface area contributed by atoms with Gasteiger partial charge in [0.05, 0.1) is 26.4 Å². The number of hydrogen-bond acceptors (Lipinski definition) is 15. The molecular weight excluding hydrogens is 1380 g/mol. The number of rotatable bonds is 84. The Balaban J connectivity index is 5.21. The standard InChI is InChI=1S/C87H170O17P2/c1-9-80(8)66-58-50-42-34-28-22-14-12-10-11-13-15-24-30-36-44-53-61-69-87(92)104-83(74-98-85(90)68-60-52-46-38-41-49-57-65-79(6)7)76-102-106(95,96)100-72-81(88)71-99-105(93,94)101-75-82(103-86(91)70-62-54-45-37-31-25-19-17-21-27-33-40-48-56-64-78(4)5)73-97-84(89)67-59-51-43-35-29-23-18-16-20-26-32-39-47-55-63-77(2)3/h77-83,88H,9-76H2,1-8H3,(H,93,94)(H,95,96)/t80?,81?,82-,83-/m1/s1. The Bertz CT molecular complexity index is 2060. The molecular formula is C87H170O17P2. The molecule has 17 nitrogen and oxygen atoms in total. The number of aliphatic hydroxyl groups is 1. The van der Waals surface area contributed by atoms with Gasteiger partial charge in [-0.25, -0.2) is 9.13 Å². The zero-order chi connectivity index (χ0) is 78.1. The van der Waals surface area contributed by atoms with Crippen LogP contribution >= 0.6 is 15.6 Å². The van der Waals surface area contributed by atoms with E-state index >= 15 is 0 Å². The number of unbranched alkanes of at least 4 members (excludes halogenated alkanes) is 49. The van der Waals surface area contributed by atoms with Crippen LogP contribution in [0.1, 0.15) is 453 Å². The maximum atomic E-state index is 13.1. The normalized spacial score (nSPS) is 14.2. The van der Waals surface area contributed by atoms with Crippen molar-refractivity contribution < 1.29 is 80.2 Å². The molecule has 6 atom stereocenters. The van der Waals surface area contributed by atoms with E-state index in [9.17, 15) is 43.2 Å². The molecule has 4 unspecified atom stereocenters. The van der Waals surface area contributed by atoms with Crippen molar-refractivity contribution in [2.45, 2.75) is 472 Å². The van der Waals surface area contributed by atoms with E-state index in [1.165, 1.54) is 250 Å². The molecule has 0 aliphatic rings. The van der Waals surface area contributed by atoms with Crippen LogP contribution in [0.4, 0.5) is 0 Å². The van der Waals surface area contributed by atoms with Gasteiger partial charge in [-0.3, -0.25) is 37.3 Å². The molecule has 0 spiro atoms. The van der Waals surface area contributed by atoms with Crippen molar-refractivity contribution in [3.05, 3.63) is 0 Å². The van der Waals surface area contributed by atoms with E-state index in [-0.39, 0.29) is 25.7 Å². The summed E-state index contributed by atoms with van der Waals surface area (Å²) >= 11 is 0. The summed E-state index contributed by atoms with van der Waals surface area (Å²) < 4.78 is 68.9. The van der Waals surface area contributed by atoms with E-state index in [2.05, 4.69) is 55.4 Å². The number of carbonyl (C=O) groups is 4. The molecule has 0 aliphatic carbocycles. The molecule has 0 fully saturated rings. The van der Waals surface area contributed by atoms with Crippen LogP contribution in [0, 0.1) is 23.7 Å². The van der Waals surface area contributed by atoms with Crippen LogP contribution < -0.4 is 0 Å². The van der Waals surface area contributed by atoms with Gasteiger partial charge < -0.3 is 33.8 Å². The third kappa shape index (κ3) is 78.7. The molecule has 0 bridgehead atoms. The summed E-state index contributed by atoms with van der Waals surface area (Å²) in [4.78, 5) is 73.2. The molecule has 0 heterocycles. The predicted octanol–water partition coefficient (Wildman–Crippen LogP) is 26.3. The minimum Gasteiger partial charge on any atom is -0.462 e. The van der Waals surface area contributed by atoms with E-state index in [1.807, 2.05) is 0 Å². The minimum atomic E-state index is -4.97. The largest absolute Gasteiger partial charge is 0.472 e. The molecule has 0 radical (unpaired) electrons. The molecule has 0 saturated heterocycles. The van der Waals surface area contributed by atoms with Crippen molar-refractivity contribution in [3.63, 3.8) is 0 Å². The lowest BCUT2D eigenvalue weighted by atomic mass is 9.99. The van der Waals surface area contributed by atoms with Gasteiger partial charge >= 0.3 is 39.5 Å². The number of aliphatic hydroxyl groups excluding tert-OH is 1. The van der Waals surface area contributed by atoms with Crippen LogP contribution in [-0.4, -0.2) is 96.7 Å². The number of phosphoric ester groups is 2. The zero-order valence-electron chi connectivity index (χ0n) is 70.1. The summed E-state index contributed by atoms with van der Waals surface area (Å²) in [6, 6.07) is 0. The highest BCUT2D eigenvalue weighted by Crippen LogP contribution is 2.45. The average Bonchev–Trinajstić information content (AvgIpc) is 0.900. The van der Waals surface area contributed by atoms with Gasteiger partial charge in [-0.2, -0.15) is 0 Å². The van der Waals surface area contributed by atoms with E-state index in [4.69, 9.17) is 37.0 Å². The maximum Gasteiger partial charge on any atom is 0.472 e. The summed E-state index contributed by atoms with van der Waals surface area (Å²) in [5, 5.41) is 10.7. The highest BCUT2D eigenvalue weighted by molar-refractivity contribution is 7.47. The Hall–Kier alpha value is -1.94. The Morgan fingerprint density at radius 1 is 0.264 bits per heavy atom. The summed E-state index contributed by atoms with van der Waals surface area (Å²) in [7, 11) is -9.93. The van der Waals surface area contributed by atoms with Crippen molar-refractivity contribution in [2.24, 2.45) is 23.7 Å². The monoisotopic (exact) mass is 1550 g/mol. The molecule has 0 aromatic heterocycles. The first-order valence-electron chi connectivity index (χ1n) is 44.7. The quantitative estimate of drug-likeness (QED) is 0.0222. The van der Waals surface area contributed by atoms with E-state index in [0.717, 1.165) is 114 Å². The average molecular weight is 1550 g/mol. The van der Waals surface area contributed by atoms with Crippen molar-refractivity contribution in [2.75, 3.05) is 39.6 Å². The topological polar surface area (TPSA) is 237 Å². The lowest BCUT2D eigenvalue weighted by Crippen LogP contribution is -2.30. The number of phosphoric acid groups is 2. The second kappa shape index (κ2) is 75.7. The fraction of sp³-hybridized carbons (Fsp3) is 0.954. The van der Waals surface area contributed by atoms with Crippen LogP contribution in [0.15, 0.2) is 0 Å².